The highest BCUT2D eigenvalue weighted by molar-refractivity contribution is 7.93. The molecule has 1 aliphatic rings. The van der Waals surface area contributed by atoms with E-state index in [1.165, 1.54) is 34.8 Å². The van der Waals surface area contributed by atoms with Gasteiger partial charge in [-0.05, 0) is 55.3 Å². The maximum Gasteiger partial charge on any atom is 0.263 e. The van der Waals surface area contributed by atoms with Crippen molar-refractivity contribution >= 4 is 48.1 Å². The maximum atomic E-state index is 13.0. The normalized spacial score (nSPS) is 16.0. The van der Waals surface area contributed by atoms with Crippen LogP contribution >= 0.6 is 22.9 Å². The highest BCUT2D eigenvalue weighted by Crippen LogP contribution is 2.26. The largest absolute Gasteiger partial charge is 0.490 e. The Morgan fingerprint density at radius 2 is 1.72 bits per heavy atom. The van der Waals surface area contributed by atoms with E-state index in [0.29, 0.717) is 36.7 Å². The second-order valence-corrected chi connectivity index (χ2v) is 12.0. The average Bonchev–Trinajstić information content (AvgIpc) is 3.27. The Morgan fingerprint density at radius 1 is 1.03 bits per heavy atom. The van der Waals surface area contributed by atoms with Crippen molar-refractivity contribution in [3.8, 4) is 5.75 Å². The van der Waals surface area contributed by atoms with E-state index in [1.54, 1.807) is 23.6 Å². The van der Waals surface area contributed by atoms with Crippen LogP contribution < -0.4 is 9.46 Å². The number of aromatic nitrogens is 1. The predicted octanol–water partition coefficient (Wildman–Crippen LogP) is 3.83. The zero-order valence-corrected chi connectivity index (χ0v) is 19.9. The molecule has 2 aromatic carbocycles. The van der Waals surface area contributed by atoms with Crippen LogP contribution in [-0.4, -0.2) is 45.3 Å². The standard InChI is InChI=1S/C20H20ClN3O5S3/c21-15-2-1-3-17(14-15)29-16-8-11-24(12-9-16)32(27,28)19-6-4-18(5-7-19)31(25,26)23-20-22-10-13-30-20/h1-7,10,13-14,16H,8-9,11-12H2,(H,22,23). The van der Waals surface area contributed by atoms with Crippen molar-refractivity contribution in [3.63, 3.8) is 0 Å². The van der Waals surface area contributed by atoms with Crippen molar-refractivity contribution in [2.24, 2.45) is 0 Å². The summed E-state index contributed by atoms with van der Waals surface area (Å²) >= 11 is 7.13. The summed E-state index contributed by atoms with van der Waals surface area (Å²) in [6.45, 7) is 0.610. The molecule has 1 aliphatic heterocycles. The number of anilines is 1. The zero-order chi connectivity index (χ0) is 22.8. The second-order valence-electron chi connectivity index (χ2n) is 7.09. The molecule has 1 aromatic heterocycles. The minimum Gasteiger partial charge on any atom is -0.490 e. The van der Waals surface area contributed by atoms with Crippen molar-refractivity contribution in [1.82, 2.24) is 9.29 Å². The van der Waals surface area contributed by atoms with Crippen molar-refractivity contribution in [3.05, 3.63) is 65.1 Å². The third-order valence-corrected chi connectivity index (χ3v) is 9.25. The van der Waals surface area contributed by atoms with Crippen LogP contribution in [0.3, 0.4) is 0 Å². The topological polar surface area (TPSA) is 106 Å². The van der Waals surface area contributed by atoms with Crippen molar-refractivity contribution in [1.29, 1.82) is 0 Å². The number of nitrogens with one attached hydrogen (secondary N) is 1. The minimum atomic E-state index is -3.85. The van der Waals surface area contributed by atoms with Crippen LogP contribution in [0.25, 0.3) is 0 Å². The van der Waals surface area contributed by atoms with Gasteiger partial charge in [0.25, 0.3) is 10.0 Å². The SMILES string of the molecule is O=S(=O)(Nc1nccs1)c1ccc(S(=O)(=O)N2CCC(Oc3cccc(Cl)c3)CC2)cc1. The summed E-state index contributed by atoms with van der Waals surface area (Å²) in [6, 6.07) is 12.3. The smallest absolute Gasteiger partial charge is 0.263 e. The molecule has 0 radical (unpaired) electrons. The number of ether oxygens (including phenoxy) is 1. The summed E-state index contributed by atoms with van der Waals surface area (Å²) in [7, 11) is -7.59. The zero-order valence-electron chi connectivity index (χ0n) is 16.7. The van der Waals surface area contributed by atoms with Crippen LogP contribution in [0.15, 0.2) is 69.9 Å². The second kappa shape index (κ2) is 9.36. The number of rotatable bonds is 7. The quantitative estimate of drug-likeness (QED) is 0.514. The van der Waals surface area contributed by atoms with Gasteiger partial charge >= 0.3 is 0 Å². The van der Waals surface area contributed by atoms with E-state index >= 15 is 0 Å². The van der Waals surface area contributed by atoms with Crippen LogP contribution in [0.2, 0.25) is 5.02 Å². The first-order chi connectivity index (χ1) is 15.2. The number of piperidine rings is 1. The number of nitrogens with zero attached hydrogens (tertiary/aromatic N) is 2. The molecule has 4 rings (SSSR count). The van der Waals surface area contributed by atoms with Crippen LogP contribution in [0.4, 0.5) is 5.13 Å². The first kappa shape index (κ1) is 23.0. The summed E-state index contributed by atoms with van der Waals surface area (Å²) in [5.74, 6) is 0.655. The van der Waals surface area contributed by atoms with Gasteiger partial charge < -0.3 is 4.74 Å². The molecular weight excluding hydrogens is 494 g/mol. The molecule has 32 heavy (non-hydrogen) atoms. The molecule has 12 heteroatoms. The number of thiazole rings is 1. The van der Waals surface area contributed by atoms with E-state index in [0.717, 1.165) is 11.3 Å². The summed E-state index contributed by atoms with van der Waals surface area (Å²) in [5.41, 5.74) is 0. The van der Waals surface area contributed by atoms with E-state index in [9.17, 15) is 16.8 Å². The Hall–Kier alpha value is -2.18. The molecule has 2 heterocycles. The Morgan fingerprint density at radius 3 is 2.34 bits per heavy atom. The third-order valence-electron chi connectivity index (χ3n) is 4.93. The van der Waals surface area contributed by atoms with Crippen LogP contribution in [0, 0.1) is 0 Å². The van der Waals surface area contributed by atoms with Gasteiger partial charge in [0.1, 0.15) is 11.9 Å². The Labute approximate surface area is 195 Å². The first-order valence-corrected chi connectivity index (χ1v) is 13.9. The number of hydrogen-bond acceptors (Lipinski definition) is 7. The monoisotopic (exact) mass is 513 g/mol. The van der Waals surface area contributed by atoms with E-state index in [2.05, 4.69) is 9.71 Å². The summed E-state index contributed by atoms with van der Waals surface area (Å²) in [6.07, 6.45) is 2.46. The van der Waals surface area contributed by atoms with Crippen molar-refractivity contribution in [2.75, 3.05) is 17.8 Å². The molecular formula is C20H20ClN3O5S3. The number of hydrogen-bond donors (Lipinski definition) is 1. The van der Waals surface area contributed by atoms with Gasteiger partial charge in [-0.3, -0.25) is 4.72 Å². The lowest BCUT2D eigenvalue weighted by molar-refractivity contribution is 0.135. The molecule has 8 nitrogen and oxygen atoms in total. The van der Waals surface area contributed by atoms with Gasteiger partial charge in [-0.15, -0.1) is 11.3 Å². The molecule has 0 spiro atoms. The summed E-state index contributed by atoms with van der Waals surface area (Å²) < 4.78 is 60.6. The molecule has 0 atom stereocenters. The fraction of sp³-hybridized carbons (Fsp3) is 0.250. The fourth-order valence-corrected chi connectivity index (χ4v) is 6.75. The highest BCUT2D eigenvalue weighted by atomic mass is 35.5. The molecule has 0 saturated carbocycles. The lowest BCUT2D eigenvalue weighted by atomic mass is 10.1. The molecule has 0 unspecified atom stereocenters. The maximum absolute atomic E-state index is 13.0. The average molecular weight is 514 g/mol. The van der Waals surface area contributed by atoms with Gasteiger partial charge in [0.15, 0.2) is 5.13 Å². The van der Waals surface area contributed by atoms with Crippen molar-refractivity contribution in [2.45, 2.75) is 28.7 Å². The predicted molar refractivity (Wildman–Crippen MR) is 123 cm³/mol. The van der Waals surface area contributed by atoms with E-state index in [1.807, 2.05) is 6.07 Å². The van der Waals surface area contributed by atoms with Gasteiger partial charge in [-0.2, -0.15) is 4.31 Å². The van der Waals surface area contributed by atoms with Crippen LogP contribution in [-0.2, 0) is 20.0 Å². The minimum absolute atomic E-state index is 0.0414. The molecule has 1 fully saturated rings. The van der Waals surface area contributed by atoms with Crippen LogP contribution in [0.1, 0.15) is 12.8 Å². The molecule has 0 bridgehead atoms. The molecule has 1 saturated heterocycles. The molecule has 3 aromatic rings. The van der Waals surface area contributed by atoms with Crippen molar-refractivity contribution < 1.29 is 21.6 Å². The van der Waals surface area contributed by atoms with Gasteiger partial charge in [-0.1, -0.05) is 17.7 Å². The van der Waals surface area contributed by atoms with E-state index in [4.69, 9.17) is 16.3 Å². The Balaban J connectivity index is 1.40. The third kappa shape index (κ3) is 5.24. The molecule has 170 valence electrons. The lowest BCUT2D eigenvalue weighted by Crippen LogP contribution is -2.41. The first-order valence-electron chi connectivity index (χ1n) is 9.69. The fourth-order valence-electron chi connectivity index (χ4n) is 3.31. The summed E-state index contributed by atoms with van der Waals surface area (Å²) in [4.78, 5) is 3.89. The van der Waals surface area contributed by atoms with Crippen LogP contribution in [0.5, 0.6) is 5.75 Å². The van der Waals surface area contributed by atoms with E-state index < -0.39 is 20.0 Å². The number of halogens is 1. The lowest BCUT2D eigenvalue weighted by Gasteiger charge is -2.31. The van der Waals surface area contributed by atoms with Gasteiger partial charge in [0.2, 0.25) is 10.0 Å². The van der Waals surface area contributed by atoms with Gasteiger partial charge in [0.05, 0.1) is 9.79 Å². The highest BCUT2D eigenvalue weighted by Gasteiger charge is 2.30. The van der Waals surface area contributed by atoms with Gasteiger partial charge in [-0.25, -0.2) is 21.8 Å². The van der Waals surface area contributed by atoms with Gasteiger partial charge in [0, 0.05) is 29.7 Å². The molecule has 0 aliphatic carbocycles. The Bertz CT molecular complexity index is 1270. The Kier molecular flexibility index (Phi) is 6.72. The van der Waals surface area contributed by atoms with E-state index in [-0.39, 0.29) is 21.0 Å². The number of sulfonamides is 2. The molecule has 0 amide bonds. The summed E-state index contributed by atoms with van der Waals surface area (Å²) in [5, 5.41) is 2.47. The number of benzene rings is 2. The molecule has 1 N–H and O–H groups in total.